The van der Waals surface area contributed by atoms with Gasteiger partial charge in [-0.05, 0) is 31.5 Å². The Morgan fingerprint density at radius 1 is 1.17 bits per heavy atom. The summed E-state index contributed by atoms with van der Waals surface area (Å²) in [6.45, 7) is 3.94. The van der Waals surface area contributed by atoms with Gasteiger partial charge in [0, 0.05) is 22.9 Å². The third-order valence-electron chi connectivity index (χ3n) is 3.50. The van der Waals surface area contributed by atoms with Crippen LogP contribution in [0.5, 0.6) is 0 Å². The van der Waals surface area contributed by atoms with Crippen molar-refractivity contribution in [2.45, 2.75) is 24.3 Å². The van der Waals surface area contributed by atoms with Crippen LogP contribution in [0.25, 0.3) is 11.5 Å². The number of benzene rings is 2. The zero-order chi connectivity index (χ0) is 17.1. The van der Waals surface area contributed by atoms with Crippen LogP contribution < -0.4 is 0 Å². The minimum Gasteiger partial charge on any atom is -0.411 e. The summed E-state index contributed by atoms with van der Waals surface area (Å²) < 4.78 is 5.70. The van der Waals surface area contributed by atoms with Crippen LogP contribution in [0.1, 0.15) is 23.3 Å². The maximum absolute atomic E-state index is 10.9. The minimum atomic E-state index is -0.399. The van der Waals surface area contributed by atoms with Gasteiger partial charge in [0.05, 0.1) is 4.92 Å². The molecule has 0 saturated heterocycles. The molecule has 3 rings (SSSR count). The number of nitro benzene ring substituents is 1. The molecule has 0 aliphatic rings. The molecule has 0 saturated carbocycles. The second-order valence-electron chi connectivity index (χ2n) is 5.35. The fraction of sp³-hybridized carbons (Fsp3) is 0.176. The SMILES string of the molecule is Cc1cccc(-c2nnc(SC(C)c3cccc([N+](=O)[O-])c3)o2)c1. The summed E-state index contributed by atoms with van der Waals surface area (Å²) in [6.07, 6.45) is 0. The Hall–Kier alpha value is -2.67. The molecule has 0 spiro atoms. The average molecular weight is 341 g/mol. The van der Waals surface area contributed by atoms with E-state index in [9.17, 15) is 10.1 Å². The number of aromatic nitrogens is 2. The van der Waals surface area contributed by atoms with Crippen molar-refractivity contribution >= 4 is 17.4 Å². The molecular weight excluding hydrogens is 326 g/mol. The maximum atomic E-state index is 10.9. The van der Waals surface area contributed by atoms with Crippen molar-refractivity contribution in [2.75, 3.05) is 0 Å². The van der Waals surface area contributed by atoms with Crippen molar-refractivity contribution in [3.05, 3.63) is 69.8 Å². The van der Waals surface area contributed by atoms with Crippen LogP contribution in [0.3, 0.4) is 0 Å². The number of hydrogen-bond donors (Lipinski definition) is 0. The lowest BCUT2D eigenvalue weighted by Gasteiger charge is -2.08. The first-order chi connectivity index (χ1) is 11.5. The highest BCUT2D eigenvalue weighted by Gasteiger charge is 2.16. The van der Waals surface area contributed by atoms with Crippen LogP contribution in [-0.2, 0) is 0 Å². The van der Waals surface area contributed by atoms with Gasteiger partial charge in [0.2, 0.25) is 5.89 Å². The molecule has 122 valence electrons. The summed E-state index contributed by atoms with van der Waals surface area (Å²) in [5.41, 5.74) is 2.90. The highest BCUT2D eigenvalue weighted by Crippen LogP contribution is 2.36. The van der Waals surface area contributed by atoms with E-state index in [1.54, 1.807) is 12.1 Å². The Morgan fingerprint density at radius 2 is 1.96 bits per heavy atom. The van der Waals surface area contributed by atoms with Crippen LogP contribution in [0.15, 0.2) is 58.2 Å². The molecule has 24 heavy (non-hydrogen) atoms. The molecule has 1 unspecified atom stereocenters. The Bertz CT molecular complexity index is 879. The number of rotatable bonds is 5. The monoisotopic (exact) mass is 341 g/mol. The zero-order valence-corrected chi connectivity index (χ0v) is 14.0. The molecule has 0 radical (unpaired) electrons. The summed E-state index contributed by atoms with van der Waals surface area (Å²) in [4.78, 5) is 10.5. The van der Waals surface area contributed by atoms with Gasteiger partial charge < -0.3 is 4.42 Å². The van der Waals surface area contributed by atoms with E-state index in [0.29, 0.717) is 11.1 Å². The van der Waals surface area contributed by atoms with E-state index in [4.69, 9.17) is 4.42 Å². The van der Waals surface area contributed by atoms with E-state index in [2.05, 4.69) is 10.2 Å². The molecule has 7 heteroatoms. The largest absolute Gasteiger partial charge is 0.411 e. The maximum Gasteiger partial charge on any atom is 0.277 e. The third kappa shape index (κ3) is 3.62. The summed E-state index contributed by atoms with van der Waals surface area (Å²) in [7, 11) is 0. The van der Waals surface area contributed by atoms with Crippen LogP contribution in [0.4, 0.5) is 5.69 Å². The number of thioether (sulfide) groups is 1. The van der Waals surface area contributed by atoms with Crippen molar-refractivity contribution in [1.82, 2.24) is 10.2 Å². The molecule has 1 atom stereocenters. The molecule has 0 bridgehead atoms. The van der Waals surface area contributed by atoms with Gasteiger partial charge in [-0.1, -0.05) is 41.6 Å². The molecular formula is C17H15N3O3S. The van der Waals surface area contributed by atoms with Gasteiger partial charge >= 0.3 is 0 Å². The molecule has 0 amide bonds. The summed E-state index contributed by atoms with van der Waals surface area (Å²) in [6, 6.07) is 14.4. The predicted molar refractivity (Wildman–Crippen MR) is 91.8 cm³/mol. The lowest BCUT2D eigenvalue weighted by Crippen LogP contribution is -1.92. The molecule has 0 fully saturated rings. The van der Waals surface area contributed by atoms with E-state index < -0.39 is 4.92 Å². The molecule has 0 aliphatic carbocycles. The Labute approximate surface area is 143 Å². The van der Waals surface area contributed by atoms with Crippen LogP contribution >= 0.6 is 11.8 Å². The number of aryl methyl sites for hydroxylation is 1. The van der Waals surface area contributed by atoms with Gasteiger partial charge in [0.1, 0.15) is 0 Å². The molecule has 1 aromatic heterocycles. The van der Waals surface area contributed by atoms with E-state index in [1.165, 1.54) is 17.8 Å². The van der Waals surface area contributed by atoms with E-state index in [0.717, 1.165) is 16.7 Å². The van der Waals surface area contributed by atoms with Crippen molar-refractivity contribution in [3.63, 3.8) is 0 Å². The Morgan fingerprint density at radius 3 is 2.71 bits per heavy atom. The average Bonchev–Trinajstić information content (AvgIpc) is 3.03. The van der Waals surface area contributed by atoms with Gasteiger partial charge in [-0.2, -0.15) is 0 Å². The summed E-state index contributed by atoms with van der Waals surface area (Å²) in [5.74, 6) is 0.465. The van der Waals surface area contributed by atoms with Gasteiger partial charge in [-0.3, -0.25) is 10.1 Å². The molecule has 2 aromatic carbocycles. The molecule has 3 aromatic rings. The van der Waals surface area contributed by atoms with Gasteiger partial charge in [-0.15, -0.1) is 10.2 Å². The van der Waals surface area contributed by atoms with E-state index in [1.807, 2.05) is 44.2 Å². The first-order valence-electron chi connectivity index (χ1n) is 7.34. The molecule has 6 nitrogen and oxygen atoms in total. The van der Waals surface area contributed by atoms with E-state index >= 15 is 0 Å². The topological polar surface area (TPSA) is 82.1 Å². The first kappa shape index (κ1) is 16.2. The number of nitrogens with zero attached hydrogens (tertiary/aromatic N) is 3. The zero-order valence-electron chi connectivity index (χ0n) is 13.2. The van der Waals surface area contributed by atoms with Crippen molar-refractivity contribution in [3.8, 4) is 11.5 Å². The highest BCUT2D eigenvalue weighted by molar-refractivity contribution is 7.99. The van der Waals surface area contributed by atoms with Crippen LogP contribution in [0.2, 0.25) is 0 Å². The van der Waals surface area contributed by atoms with Crippen LogP contribution in [0, 0.1) is 17.0 Å². The van der Waals surface area contributed by atoms with Crippen molar-refractivity contribution in [2.24, 2.45) is 0 Å². The molecule has 0 N–H and O–H groups in total. The highest BCUT2D eigenvalue weighted by atomic mass is 32.2. The predicted octanol–water partition coefficient (Wildman–Crippen LogP) is 4.81. The van der Waals surface area contributed by atoms with Crippen molar-refractivity contribution in [1.29, 1.82) is 0 Å². The minimum absolute atomic E-state index is 0.0456. The quantitative estimate of drug-likeness (QED) is 0.376. The lowest BCUT2D eigenvalue weighted by molar-refractivity contribution is -0.384. The smallest absolute Gasteiger partial charge is 0.277 e. The number of hydrogen-bond acceptors (Lipinski definition) is 6. The Kier molecular flexibility index (Phi) is 4.61. The fourth-order valence-electron chi connectivity index (χ4n) is 2.26. The van der Waals surface area contributed by atoms with Gasteiger partial charge in [0.15, 0.2) is 0 Å². The standard InChI is InChI=1S/C17H15N3O3S/c1-11-5-3-7-14(9-11)16-18-19-17(23-16)24-12(2)13-6-4-8-15(10-13)20(21)22/h3-10,12H,1-2H3. The fourth-order valence-corrected chi connectivity index (χ4v) is 3.06. The normalized spacial score (nSPS) is 12.1. The van der Waals surface area contributed by atoms with Crippen molar-refractivity contribution < 1.29 is 9.34 Å². The van der Waals surface area contributed by atoms with E-state index in [-0.39, 0.29) is 10.9 Å². The summed E-state index contributed by atoms with van der Waals surface area (Å²) >= 11 is 1.37. The first-order valence-corrected chi connectivity index (χ1v) is 8.22. The number of nitro groups is 1. The third-order valence-corrected chi connectivity index (χ3v) is 4.49. The molecule has 0 aliphatic heterocycles. The second kappa shape index (κ2) is 6.84. The number of non-ortho nitro benzene ring substituents is 1. The lowest BCUT2D eigenvalue weighted by atomic mass is 10.1. The van der Waals surface area contributed by atoms with Gasteiger partial charge in [-0.25, -0.2) is 0 Å². The second-order valence-corrected chi connectivity index (χ2v) is 6.65. The summed E-state index contributed by atoms with van der Waals surface area (Å²) in [5, 5.41) is 19.4. The van der Waals surface area contributed by atoms with Crippen LogP contribution in [-0.4, -0.2) is 15.1 Å². The molecule has 1 heterocycles. The Balaban J connectivity index is 1.77. The van der Waals surface area contributed by atoms with Gasteiger partial charge in [0.25, 0.3) is 10.9 Å².